The van der Waals surface area contributed by atoms with E-state index in [1.807, 2.05) is 12.2 Å². The first-order valence-electron chi connectivity index (χ1n) is 16.8. The Morgan fingerprint density at radius 3 is 1.47 bits per heavy atom. The van der Waals surface area contributed by atoms with E-state index in [1.54, 1.807) is 0 Å². The summed E-state index contributed by atoms with van der Waals surface area (Å²) in [5.41, 5.74) is 18.1. The second-order valence-corrected chi connectivity index (χ2v) is 12.7. The number of hydrogen-bond acceptors (Lipinski definition) is 2. The zero-order chi connectivity index (χ0) is 32.9. The van der Waals surface area contributed by atoms with Crippen molar-refractivity contribution in [2.75, 3.05) is 9.80 Å². The lowest BCUT2D eigenvalue weighted by Crippen LogP contribution is -2.61. The van der Waals surface area contributed by atoms with Crippen molar-refractivity contribution in [1.29, 1.82) is 0 Å². The number of fused-ring (bicyclic) bond motifs is 4. The number of para-hydroxylation sites is 2. The SMILES string of the molecule is C=Cc1ccc(-c2ccc(N3c4ccccc4B4c5cc(-c6ccc(C=C)cc6)ccc5N(c5ccccc5)c5cccc3c54)cc2)cc1. The van der Waals surface area contributed by atoms with Crippen LogP contribution >= 0.6 is 0 Å². The standard InChI is InChI=1S/C46H33BN2/c1-3-32-17-21-34(22-18-32)35-25-28-39(29-26-35)49-42-14-9-8-13-40(42)47-41-31-37(36-23-19-33(4-2)20-24-36)27-30-43(41)48(38-11-6-5-7-12-38)44-15-10-16-45(49)46(44)47/h3-31H,1-2H2. The van der Waals surface area contributed by atoms with Gasteiger partial charge in [-0.15, -0.1) is 0 Å². The third kappa shape index (κ3) is 4.74. The molecule has 0 spiro atoms. The van der Waals surface area contributed by atoms with E-state index in [1.165, 1.54) is 61.4 Å². The molecule has 2 nitrogen and oxygen atoms in total. The fraction of sp³-hybridized carbons (Fsp3) is 0. The highest BCUT2D eigenvalue weighted by Gasteiger charge is 2.43. The van der Waals surface area contributed by atoms with Crippen LogP contribution in [0.15, 0.2) is 177 Å². The molecule has 7 aromatic carbocycles. The molecule has 0 unspecified atom stereocenters. The quantitative estimate of drug-likeness (QED) is 0.170. The molecule has 0 fully saturated rings. The van der Waals surface area contributed by atoms with Gasteiger partial charge in [0.05, 0.1) is 0 Å². The van der Waals surface area contributed by atoms with Crippen molar-refractivity contribution in [3.63, 3.8) is 0 Å². The zero-order valence-corrected chi connectivity index (χ0v) is 27.1. The van der Waals surface area contributed by atoms with E-state index in [4.69, 9.17) is 0 Å². The van der Waals surface area contributed by atoms with Crippen molar-refractivity contribution in [3.8, 4) is 22.3 Å². The van der Waals surface area contributed by atoms with Crippen LogP contribution in [0.2, 0.25) is 0 Å². The largest absolute Gasteiger partial charge is 0.311 e. The van der Waals surface area contributed by atoms with Gasteiger partial charge in [-0.25, -0.2) is 0 Å². The normalized spacial score (nSPS) is 12.5. The molecule has 0 saturated heterocycles. The van der Waals surface area contributed by atoms with Crippen LogP contribution in [0.1, 0.15) is 11.1 Å². The maximum absolute atomic E-state index is 3.95. The first kappa shape index (κ1) is 28.9. The first-order valence-corrected chi connectivity index (χ1v) is 16.8. The molecule has 2 aliphatic heterocycles. The molecule has 230 valence electrons. The van der Waals surface area contributed by atoms with Gasteiger partial charge in [-0.2, -0.15) is 0 Å². The van der Waals surface area contributed by atoms with Crippen molar-refractivity contribution in [3.05, 3.63) is 188 Å². The van der Waals surface area contributed by atoms with Gasteiger partial charge in [0.15, 0.2) is 0 Å². The highest BCUT2D eigenvalue weighted by Crippen LogP contribution is 2.44. The Morgan fingerprint density at radius 1 is 0.388 bits per heavy atom. The fourth-order valence-corrected chi connectivity index (χ4v) is 7.63. The third-order valence-corrected chi connectivity index (χ3v) is 10.00. The van der Waals surface area contributed by atoms with Gasteiger partial charge in [0.25, 0.3) is 6.71 Å². The average molecular weight is 625 g/mol. The summed E-state index contributed by atoms with van der Waals surface area (Å²) >= 11 is 0. The van der Waals surface area contributed by atoms with E-state index in [-0.39, 0.29) is 6.71 Å². The Balaban J connectivity index is 1.24. The van der Waals surface area contributed by atoms with Crippen LogP contribution in [0, 0.1) is 0 Å². The lowest BCUT2D eigenvalue weighted by Gasteiger charge is -2.44. The summed E-state index contributed by atoms with van der Waals surface area (Å²) in [5, 5.41) is 0. The number of nitrogens with zero attached hydrogens (tertiary/aromatic N) is 2. The van der Waals surface area contributed by atoms with E-state index in [0.717, 1.165) is 22.5 Å². The predicted octanol–water partition coefficient (Wildman–Crippen LogP) is 10.4. The highest BCUT2D eigenvalue weighted by atomic mass is 15.2. The number of hydrogen-bond donors (Lipinski definition) is 0. The molecular formula is C46H33BN2. The van der Waals surface area contributed by atoms with Crippen molar-refractivity contribution in [2.45, 2.75) is 0 Å². The van der Waals surface area contributed by atoms with E-state index < -0.39 is 0 Å². The van der Waals surface area contributed by atoms with E-state index in [2.05, 4.69) is 187 Å². The van der Waals surface area contributed by atoms with Gasteiger partial charge in [0.2, 0.25) is 0 Å². The second-order valence-electron chi connectivity index (χ2n) is 12.7. The summed E-state index contributed by atoms with van der Waals surface area (Å²) in [6.07, 6.45) is 3.78. The Morgan fingerprint density at radius 2 is 0.857 bits per heavy atom. The second kappa shape index (κ2) is 11.7. The third-order valence-electron chi connectivity index (χ3n) is 10.00. The lowest BCUT2D eigenvalue weighted by atomic mass is 9.33. The summed E-state index contributed by atoms with van der Waals surface area (Å²) in [7, 11) is 0. The van der Waals surface area contributed by atoms with Gasteiger partial charge in [-0.3, -0.25) is 0 Å². The minimum atomic E-state index is 0.0728. The Bertz CT molecular complexity index is 2360. The smallest absolute Gasteiger partial charge is 0.252 e. The molecule has 7 aromatic rings. The molecule has 0 bridgehead atoms. The topological polar surface area (TPSA) is 6.48 Å². The minimum Gasteiger partial charge on any atom is -0.311 e. The summed E-state index contributed by atoms with van der Waals surface area (Å²) in [5.74, 6) is 0. The highest BCUT2D eigenvalue weighted by molar-refractivity contribution is 7.00. The molecule has 2 heterocycles. The monoisotopic (exact) mass is 624 g/mol. The van der Waals surface area contributed by atoms with Gasteiger partial charge < -0.3 is 9.80 Å². The number of rotatable bonds is 6. The predicted molar refractivity (Wildman–Crippen MR) is 212 cm³/mol. The lowest BCUT2D eigenvalue weighted by molar-refractivity contribution is 1.25. The Hall–Kier alpha value is -6.32. The summed E-state index contributed by atoms with van der Waals surface area (Å²) < 4.78 is 0. The minimum absolute atomic E-state index is 0.0728. The molecule has 0 saturated carbocycles. The maximum Gasteiger partial charge on any atom is 0.252 e. The van der Waals surface area contributed by atoms with Crippen molar-refractivity contribution < 1.29 is 0 Å². The van der Waals surface area contributed by atoms with Crippen LogP contribution in [-0.2, 0) is 0 Å². The molecule has 9 rings (SSSR count). The van der Waals surface area contributed by atoms with E-state index in [9.17, 15) is 0 Å². The van der Waals surface area contributed by atoms with E-state index in [0.29, 0.717) is 0 Å². The molecular weight excluding hydrogens is 591 g/mol. The van der Waals surface area contributed by atoms with Gasteiger partial charge in [-0.1, -0.05) is 141 Å². The van der Waals surface area contributed by atoms with Gasteiger partial charge >= 0.3 is 0 Å². The van der Waals surface area contributed by atoms with Crippen LogP contribution in [0.3, 0.4) is 0 Å². The van der Waals surface area contributed by atoms with Gasteiger partial charge in [0, 0.05) is 34.1 Å². The van der Waals surface area contributed by atoms with Crippen LogP contribution in [0.25, 0.3) is 34.4 Å². The van der Waals surface area contributed by atoms with Crippen molar-refractivity contribution >= 4 is 69.4 Å². The summed E-state index contributed by atoms with van der Waals surface area (Å²) in [4.78, 5) is 4.89. The maximum atomic E-state index is 3.95. The van der Waals surface area contributed by atoms with Crippen LogP contribution in [-0.4, -0.2) is 6.71 Å². The molecule has 0 N–H and O–H groups in total. The van der Waals surface area contributed by atoms with Gasteiger partial charge in [-0.05, 0) is 98.3 Å². The molecule has 3 heteroatoms. The van der Waals surface area contributed by atoms with Crippen LogP contribution in [0.4, 0.5) is 34.1 Å². The molecule has 2 aliphatic rings. The summed E-state index contributed by atoms with van der Waals surface area (Å²) in [6.45, 7) is 7.92. The Kier molecular flexibility index (Phi) is 6.91. The Labute approximate surface area is 288 Å². The zero-order valence-electron chi connectivity index (χ0n) is 27.1. The van der Waals surface area contributed by atoms with Crippen molar-refractivity contribution in [2.24, 2.45) is 0 Å². The number of benzene rings is 7. The van der Waals surface area contributed by atoms with Gasteiger partial charge in [0.1, 0.15) is 0 Å². The average Bonchev–Trinajstić information content (AvgIpc) is 3.18. The van der Waals surface area contributed by atoms with Crippen LogP contribution in [0.5, 0.6) is 0 Å². The van der Waals surface area contributed by atoms with Crippen LogP contribution < -0.4 is 26.2 Å². The first-order chi connectivity index (χ1) is 24.2. The molecule has 0 aromatic heterocycles. The van der Waals surface area contributed by atoms with Crippen molar-refractivity contribution in [1.82, 2.24) is 0 Å². The molecule has 0 aliphatic carbocycles. The number of anilines is 6. The summed E-state index contributed by atoms with van der Waals surface area (Å²) in [6, 6.07) is 59.7. The molecule has 0 radical (unpaired) electrons. The van der Waals surface area contributed by atoms with E-state index >= 15 is 0 Å². The molecule has 0 amide bonds. The molecule has 0 atom stereocenters. The fourth-order valence-electron chi connectivity index (χ4n) is 7.63. The molecule has 49 heavy (non-hydrogen) atoms.